The van der Waals surface area contributed by atoms with Crippen LogP contribution in [0.15, 0.2) is 24.3 Å². The Balaban J connectivity index is 1.75. The molecule has 1 fully saturated rings. The molecule has 2 aliphatic heterocycles. The van der Waals surface area contributed by atoms with Gasteiger partial charge in [0.1, 0.15) is 0 Å². The number of benzene rings is 1. The number of hydrogen-bond donors (Lipinski definition) is 1. The molecular weight excluding hydrogens is 252 g/mol. The molecule has 0 saturated carbocycles. The molecular formula is C16H22N2O2. The monoisotopic (exact) mass is 274 g/mol. The molecule has 1 N–H and O–H groups in total. The maximum absolute atomic E-state index is 11.1. The Morgan fingerprint density at radius 1 is 1.45 bits per heavy atom. The lowest BCUT2D eigenvalue weighted by Crippen LogP contribution is -2.51. The van der Waals surface area contributed by atoms with Crippen LogP contribution in [0, 0.1) is 5.92 Å². The van der Waals surface area contributed by atoms with Gasteiger partial charge >= 0.3 is 5.97 Å². The Kier molecular flexibility index (Phi) is 3.92. The molecule has 1 saturated heterocycles. The second-order valence-corrected chi connectivity index (χ2v) is 5.69. The van der Waals surface area contributed by atoms with Gasteiger partial charge in [-0.2, -0.15) is 0 Å². The van der Waals surface area contributed by atoms with Crippen LogP contribution >= 0.6 is 0 Å². The molecule has 2 heterocycles. The molecule has 2 atom stereocenters. The Hall–Kier alpha value is -1.55. The van der Waals surface area contributed by atoms with E-state index in [0.717, 1.165) is 32.5 Å². The lowest BCUT2D eigenvalue weighted by Gasteiger charge is -2.39. The summed E-state index contributed by atoms with van der Waals surface area (Å²) in [5.41, 5.74) is 2.81. The highest BCUT2D eigenvalue weighted by Crippen LogP contribution is 2.33. The topological polar surface area (TPSA) is 41.6 Å². The van der Waals surface area contributed by atoms with E-state index in [1.807, 2.05) is 0 Å². The average Bonchev–Trinajstić information content (AvgIpc) is 2.89. The number of nitrogens with one attached hydrogen (secondary N) is 1. The van der Waals surface area contributed by atoms with Crippen LogP contribution in [-0.2, 0) is 16.0 Å². The summed E-state index contributed by atoms with van der Waals surface area (Å²) in [6, 6.07) is 9.13. The van der Waals surface area contributed by atoms with Crippen LogP contribution < -0.4 is 10.2 Å². The lowest BCUT2D eigenvalue weighted by atomic mass is 9.92. The molecule has 4 nitrogen and oxygen atoms in total. The number of anilines is 1. The largest absolute Gasteiger partial charge is 0.465 e. The third-order valence-electron chi connectivity index (χ3n) is 4.39. The normalized spacial score (nSPS) is 25.4. The number of piperidine rings is 1. The van der Waals surface area contributed by atoms with Crippen molar-refractivity contribution in [3.63, 3.8) is 0 Å². The quantitative estimate of drug-likeness (QED) is 0.850. The third-order valence-corrected chi connectivity index (χ3v) is 4.39. The predicted octanol–water partition coefficient (Wildman–Crippen LogP) is 1.59. The number of hydrogen-bond acceptors (Lipinski definition) is 4. The summed E-state index contributed by atoms with van der Waals surface area (Å²) >= 11 is 0. The highest BCUT2D eigenvalue weighted by atomic mass is 16.5. The van der Waals surface area contributed by atoms with E-state index in [2.05, 4.69) is 34.5 Å². The summed E-state index contributed by atoms with van der Waals surface area (Å²) in [7, 11) is 0. The maximum atomic E-state index is 11.1. The second kappa shape index (κ2) is 5.83. The molecule has 0 aromatic heterocycles. The Morgan fingerprint density at radius 2 is 2.30 bits per heavy atom. The molecule has 0 bridgehead atoms. The van der Waals surface area contributed by atoms with Crippen molar-refractivity contribution in [2.24, 2.45) is 5.92 Å². The molecule has 0 aliphatic carbocycles. The van der Waals surface area contributed by atoms with E-state index >= 15 is 0 Å². The summed E-state index contributed by atoms with van der Waals surface area (Å²) in [6.07, 6.45) is 2.24. The van der Waals surface area contributed by atoms with Gasteiger partial charge in [-0.25, -0.2) is 0 Å². The van der Waals surface area contributed by atoms with Gasteiger partial charge < -0.3 is 15.0 Å². The summed E-state index contributed by atoms with van der Waals surface area (Å²) in [5, 5.41) is 3.42. The fraction of sp³-hybridized carbons (Fsp3) is 0.562. The zero-order chi connectivity index (χ0) is 13.9. The summed E-state index contributed by atoms with van der Waals surface area (Å²) in [5.74, 6) is 0.190. The van der Waals surface area contributed by atoms with Crippen molar-refractivity contribution in [2.45, 2.75) is 25.8 Å². The van der Waals surface area contributed by atoms with E-state index < -0.39 is 0 Å². The van der Waals surface area contributed by atoms with Crippen LogP contribution in [0.3, 0.4) is 0 Å². The molecule has 20 heavy (non-hydrogen) atoms. The fourth-order valence-corrected chi connectivity index (χ4v) is 3.42. The van der Waals surface area contributed by atoms with Crippen LogP contribution in [0.5, 0.6) is 0 Å². The summed E-state index contributed by atoms with van der Waals surface area (Å²) in [4.78, 5) is 13.6. The SMILES string of the molecule is CC(=O)OC[C@H]1CNCC[C@H]1N1CCc2ccccc21. The van der Waals surface area contributed by atoms with E-state index in [9.17, 15) is 4.79 Å². The molecule has 0 spiro atoms. The summed E-state index contributed by atoms with van der Waals surface area (Å²) in [6.45, 7) is 5.05. The van der Waals surface area contributed by atoms with Crippen molar-refractivity contribution < 1.29 is 9.53 Å². The zero-order valence-electron chi connectivity index (χ0n) is 12.0. The first kappa shape index (κ1) is 13.4. The molecule has 4 heteroatoms. The van der Waals surface area contributed by atoms with Crippen LogP contribution in [0.2, 0.25) is 0 Å². The van der Waals surface area contributed by atoms with Gasteiger partial charge in [0.05, 0.1) is 6.61 Å². The van der Waals surface area contributed by atoms with Gasteiger partial charge in [-0.05, 0) is 31.0 Å². The first-order valence-corrected chi connectivity index (χ1v) is 7.44. The first-order valence-electron chi connectivity index (χ1n) is 7.44. The van der Waals surface area contributed by atoms with Gasteiger partial charge in [-0.1, -0.05) is 18.2 Å². The van der Waals surface area contributed by atoms with E-state index in [0.29, 0.717) is 18.6 Å². The smallest absolute Gasteiger partial charge is 0.302 e. The average molecular weight is 274 g/mol. The molecule has 0 unspecified atom stereocenters. The van der Waals surface area contributed by atoms with Crippen molar-refractivity contribution in [1.82, 2.24) is 5.32 Å². The van der Waals surface area contributed by atoms with Crippen molar-refractivity contribution in [2.75, 3.05) is 31.1 Å². The molecule has 1 aromatic rings. The lowest BCUT2D eigenvalue weighted by molar-refractivity contribution is -0.142. The first-order chi connectivity index (χ1) is 9.75. The second-order valence-electron chi connectivity index (χ2n) is 5.69. The molecule has 0 radical (unpaired) electrons. The van der Waals surface area contributed by atoms with E-state index in [1.165, 1.54) is 18.2 Å². The van der Waals surface area contributed by atoms with Gasteiger partial charge in [0.2, 0.25) is 0 Å². The van der Waals surface area contributed by atoms with E-state index in [1.54, 1.807) is 0 Å². The fourth-order valence-electron chi connectivity index (χ4n) is 3.42. The number of nitrogens with zero attached hydrogens (tertiary/aromatic N) is 1. The Morgan fingerprint density at radius 3 is 3.15 bits per heavy atom. The van der Waals surface area contributed by atoms with Crippen molar-refractivity contribution in [3.05, 3.63) is 29.8 Å². The van der Waals surface area contributed by atoms with Gasteiger partial charge in [-0.3, -0.25) is 4.79 Å². The predicted molar refractivity (Wildman–Crippen MR) is 78.9 cm³/mol. The Bertz CT molecular complexity index is 489. The minimum Gasteiger partial charge on any atom is -0.465 e. The van der Waals surface area contributed by atoms with Gasteiger partial charge in [0.15, 0.2) is 0 Å². The van der Waals surface area contributed by atoms with Crippen molar-refractivity contribution >= 4 is 11.7 Å². The molecule has 1 aromatic carbocycles. The Labute approximate surface area is 120 Å². The van der Waals surface area contributed by atoms with E-state index in [4.69, 9.17) is 4.74 Å². The number of carbonyl (C=O) groups excluding carboxylic acids is 1. The molecule has 2 aliphatic rings. The highest BCUT2D eigenvalue weighted by Gasteiger charge is 2.33. The number of carbonyl (C=O) groups is 1. The van der Waals surface area contributed by atoms with Crippen molar-refractivity contribution in [1.29, 1.82) is 0 Å². The van der Waals surface area contributed by atoms with Crippen molar-refractivity contribution in [3.8, 4) is 0 Å². The number of rotatable bonds is 3. The van der Waals surface area contributed by atoms with Crippen LogP contribution in [-0.4, -0.2) is 38.3 Å². The molecule has 108 valence electrons. The number of esters is 1. The zero-order valence-corrected chi connectivity index (χ0v) is 12.0. The summed E-state index contributed by atoms with van der Waals surface area (Å²) < 4.78 is 5.25. The van der Waals surface area contributed by atoms with E-state index in [-0.39, 0.29) is 5.97 Å². The van der Waals surface area contributed by atoms with Gasteiger partial charge in [0.25, 0.3) is 0 Å². The maximum Gasteiger partial charge on any atom is 0.302 e. The van der Waals surface area contributed by atoms with Gasteiger partial charge in [0, 0.05) is 37.7 Å². The number of ether oxygens (including phenoxy) is 1. The van der Waals surface area contributed by atoms with Crippen LogP contribution in [0.1, 0.15) is 18.9 Å². The van der Waals surface area contributed by atoms with Gasteiger partial charge in [-0.15, -0.1) is 0 Å². The number of fused-ring (bicyclic) bond motifs is 1. The molecule has 3 rings (SSSR count). The minimum atomic E-state index is -0.184. The van der Waals surface area contributed by atoms with Crippen LogP contribution in [0.4, 0.5) is 5.69 Å². The standard InChI is InChI=1S/C16H22N2O2/c1-12(19)20-11-14-10-17-8-6-16(14)18-9-7-13-4-2-3-5-15(13)18/h2-5,14,16-17H,6-11H2,1H3/t14-,16-/m1/s1. The molecule has 0 amide bonds. The third kappa shape index (κ3) is 2.66. The van der Waals surface area contributed by atoms with Crippen LogP contribution in [0.25, 0.3) is 0 Å². The minimum absolute atomic E-state index is 0.184. The highest BCUT2D eigenvalue weighted by molar-refractivity contribution is 5.66. The number of para-hydroxylation sites is 1.